The van der Waals surface area contributed by atoms with Gasteiger partial charge in [-0.3, -0.25) is 0 Å². The van der Waals surface area contributed by atoms with E-state index < -0.39 is 0 Å². The first-order valence-electron chi connectivity index (χ1n) is 3.92. The van der Waals surface area contributed by atoms with Crippen LogP contribution in [-0.2, 0) is 0 Å². The van der Waals surface area contributed by atoms with Crippen LogP contribution < -0.4 is 5.73 Å². The highest BCUT2D eigenvalue weighted by Crippen LogP contribution is 2.17. The molecule has 0 unspecified atom stereocenters. The summed E-state index contributed by atoms with van der Waals surface area (Å²) in [5.41, 5.74) is 8.49. The van der Waals surface area contributed by atoms with Crippen LogP contribution in [0.5, 0.6) is 0 Å². The van der Waals surface area contributed by atoms with E-state index >= 15 is 0 Å². The van der Waals surface area contributed by atoms with E-state index in [-0.39, 0.29) is 18.4 Å². The lowest BCUT2D eigenvalue weighted by Crippen LogP contribution is -2.07. The maximum absolute atomic E-state index is 8.73. The minimum absolute atomic E-state index is 0. The molecule has 0 aliphatic rings. The number of nitrogens with zero attached hydrogens (tertiary/aromatic N) is 1. The summed E-state index contributed by atoms with van der Waals surface area (Å²) in [4.78, 5) is 0. The Labute approximate surface area is 84.8 Å². The predicted molar refractivity (Wildman–Crippen MR) is 55.7 cm³/mol. The highest BCUT2D eigenvalue weighted by molar-refractivity contribution is 5.85. The molecule has 0 heterocycles. The summed E-state index contributed by atoms with van der Waals surface area (Å²) >= 11 is 0. The van der Waals surface area contributed by atoms with Crippen molar-refractivity contribution in [3.05, 3.63) is 34.9 Å². The standard InChI is InChI=1S/C10H12N2.ClH/c1-7-9(6-11)4-3-5-10(7)8(2)12;/h3-5,8H,12H2,1-2H3;1H/t8-;/m1./s1. The zero-order chi connectivity index (χ0) is 9.14. The first-order valence-corrected chi connectivity index (χ1v) is 3.92. The van der Waals surface area contributed by atoms with Crippen molar-refractivity contribution in [2.75, 3.05) is 0 Å². The van der Waals surface area contributed by atoms with Crippen molar-refractivity contribution >= 4 is 12.4 Å². The van der Waals surface area contributed by atoms with Gasteiger partial charge in [0.25, 0.3) is 0 Å². The molecule has 1 aromatic carbocycles. The van der Waals surface area contributed by atoms with Gasteiger partial charge in [0, 0.05) is 6.04 Å². The summed E-state index contributed by atoms with van der Waals surface area (Å²) < 4.78 is 0. The van der Waals surface area contributed by atoms with Gasteiger partial charge in [-0.25, -0.2) is 0 Å². The number of hydrogen-bond acceptors (Lipinski definition) is 2. The van der Waals surface area contributed by atoms with Crippen molar-refractivity contribution < 1.29 is 0 Å². The number of nitrogens with two attached hydrogens (primary N) is 1. The van der Waals surface area contributed by atoms with E-state index in [0.717, 1.165) is 11.1 Å². The Balaban J connectivity index is 0.00000144. The summed E-state index contributed by atoms with van der Waals surface area (Å²) in [6.07, 6.45) is 0. The SMILES string of the molecule is Cc1c(C#N)cccc1[C@@H](C)N.Cl. The summed E-state index contributed by atoms with van der Waals surface area (Å²) in [6.45, 7) is 3.85. The molecule has 0 aliphatic carbocycles. The van der Waals surface area contributed by atoms with E-state index in [4.69, 9.17) is 11.0 Å². The molecule has 0 aromatic heterocycles. The molecule has 2 N–H and O–H groups in total. The molecule has 0 saturated carbocycles. The van der Waals surface area contributed by atoms with Crippen LogP contribution in [0.2, 0.25) is 0 Å². The molecule has 0 saturated heterocycles. The van der Waals surface area contributed by atoms with Crippen LogP contribution in [0.25, 0.3) is 0 Å². The van der Waals surface area contributed by atoms with Crippen molar-refractivity contribution in [3.63, 3.8) is 0 Å². The minimum atomic E-state index is -0.00157. The topological polar surface area (TPSA) is 49.8 Å². The molecular formula is C10H13ClN2. The summed E-state index contributed by atoms with van der Waals surface area (Å²) in [7, 11) is 0. The molecule has 0 fully saturated rings. The average molecular weight is 197 g/mol. The van der Waals surface area contributed by atoms with E-state index in [9.17, 15) is 0 Å². The Hall–Kier alpha value is -1.04. The Morgan fingerprint density at radius 3 is 2.54 bits per heavy atom. The third-order valence-electron chi connectivity index (χ3n) is 1.99. The smallest absolute Gasteiger partial charge is 0.0994 e. The number of benzene rings is 1. The lowest BCUT2D eigenvalue weighted by Gasteiger charge is -2.09. The highest BCUT2D eigenvalue weighted by atomic mass is 35.5. The Kier molecular flexibility index (Phi) is 4.47. The fourth-order valence-corrected chi connectivity index (χ4v) is 1.27. The summed E-state index contributed by atoms with van der Waals surface area (Å²) in [5.74, 6) is 0. The van der Waals surface area contributed by atoms with Gasteiger partial charge in [0.05, 0.1) is 11.6 Å². The normalized spacial score (nSPS) is 11.2. The van der Waals surface area contributed by atoms with E-state index in [2.05, 4.69) is 6.07 Å². The maximum Gasteiger partial charge on any atom is 0.0994 e. The number of halogens is 1. The van der Waals surface area contributed by atoms with E-state index in [1.165, 1.54) is 0 Å². The molecule has 1 atom stereocenters. The Bertz CT molecular complexity index is 326. The third kappa shape index (κ3) is 2.45. The molecule has 0 aliphatic heterocycles. The molecular weight excluding hydrogens is 184 g/mol. The minimum Gasteiger partial charge on any atom is -0.324 e. The van der Waals surface area contributed by atoms with Crippen LogP contribution in [0.1, 0.15) is 29.7 Å². The summed E-state index contributed by atoms with van der Waals surface area (Å²) in [6, 6.07) is 7.76. The first-order chi connectivity index (χ1) is 5.66. The lowest BCUT2D eigenvalue weighted by molar-refractivity contribution is 0.809. The quantitative estimate of drug-likeness (QED) is 0.750. The van der Waals surface area contributed by atoms with E-state index in [1.54, 1.807) is 6.07 Å². The van der Waals surface area contributed by atoms with Crippen molar-refractivity contribution in [1.82, 2.24) is 0 Å². The van der Waals surface area contributed by atoms with Crippen LogP contribution in [0.4, 0.5) is 0 Å². The Morgan fingerprint density at radius 1 is 1.46 bits per heavy atom. The fourth-order valence-electron chi connectivity index (χ4n) is 1.27. The van der Waals surface area contributed by atoms with Crippen LogP contribution in [0.3, 0.4) is 0 Å². The predicted octanol–water partition coefficient (Wildman–Crippen LogP) is 2.31. The first kappa shape index (κ1) is 12.0. The molecule has 0 amide bonds. The lowest BCUT2D eigenvalue weighted by atomic mass is 9.99. The van der Waals surface area contributed by atoms with Crippen molar-refractivity contribution in [2.24, 2.45) is 5.73 Å². The van der Waals surface area contributed by atoms with Crippen LogP contribution in [0.15, 0.2) is 18.2 Å². The second-order valence-electron chi connectivity index (χ2n) is 2.92. The monoisotopic (exact) mass is 196 g/mol. The molecule has 1 aromatic rings. The molecule has 3 heteroatoms. The van der Waals surface area contributed by atoms with Crippen LogP contribution in [0, 0.1) is 18.3 Å². The zero-order valence-corrected chi connectivity index (χ0v) is 8.56. The molecule has 13 heavy (non-hydrogen) atoms. The highest BCUT2D eigenvalue weighted by Gasteiger charge is 2.05. The van der Waals surface area contributed by atoms with Crippen molar-refractivity contribution in [1.29, 1.82) is 5.26 Å². The molecule has 0 spiro atoms. The van der Waals surface area contributed by atoms with Gasteiger partial charge < -0.3 is 5.73 Å². The summed E-state index contributed by atoms with van der Waals surface area (Å²) in [5, 5.41) is 8.73. The zero-order valence-electron chi connectivity index (χ0n) is 7.74. The molecule has 1 rings (SSSR count). The van der Waals surface area contributed by atoms with Gasteiger partial charge in [-0.05, 0) is 31.0 Å². The number of rotatable bonds is 1. The van der Waals surface area contributed by atoms with Crippen molar-refractivity contribution in [2.45, 2.75) is 19.9 Å². The Morgan fingerprint density at radius 2 is 2.08 bits per heavy atom. The van der Waals surface area contributed by atoms with Crippen LogP contribution >= 0.6 is 12.4 Å². The third-order valence-corrected chi connectivity index (χ3v) is 1.99. The van der Waals surface area contributed by atoms with Gasteiger partial charge in [-0.2, -0.15) is 5.26 Å². The van der Waals surface area contributed by atoms with Crippen LogP contribution in [-0.4, -0.2) is 0 Å². The largest absolute Gasteiger partial charge is 0.324 e. The number of hydrogen-bond donors (Lipinski definition) is 1. The molecule has 0 bridgehead atoms. The maximum atomic E-state index is 8.73. The molecule has 0 radical (unpaired) electrons. The van der Waals surface area contributed by atoms with Gasteiger partial charge in [0.15, 0.2) is 0 Å². The van der Waals surface area contributed by atoms with E-state index in [0.29, 0.717) is 5.56 Å². The molecule has 2 nitrogen and oxygen atoms in total. The van der Waals surface area contributed by atoms with Gasteiger partial charge in [0.2, 0.25) is 0 Å². The van der Waals surface area contributed by atoms with E-state index in [1.807, 2.05) is 26.0 Å². The second kappa shape index (κ2) is 4.86. The van der Waals surface area contributed by atoms with Gasteiger partial charge in [0.1, 0.15) is 0 Å². The number of nitriles is 1. The molecule has 70 valence electrons. The van der Waals surface area contributed by atoms with Gasteiger partial charge in [-0.15, -0.1) is 12.4 Å². The van der Waals surface area contributed by atoms with Gasteiger partial charge >= 0.3 is 0 Å². The average Bonchev–Trinajstić information content (AvgIpc) is 2.04. The van der Waals surface area contributed by atoms with Gasteiger partial charge in [-0.1, -0.05) is 12.1 Å². The second-order valence-corrected chi connectivity index (χ2v) is 2.92. The fraction of sp³-hybridized carbons (Fsp3) is 0.300. The van der Waals surface area contributed by atoms with Crippen molar-refractivity contribution in [3.8, 4) is 6.07 Å².